The number of benzene rings is 1. The van der Waals surface area contributed by atoms with Crippen molar-refractivity contribution in [3.05, 3.63) is 35.5 Å². The molecule has 1 heterocycles. The quantitative estimate of drug-likeness (QED) is 0.832. The fourth-order valence-electron chi connectivity index (χ4n) is 2.35. The maximum atomic E-state index is 11.8. The molecule has 0 saturated heterocycles. The van der Waals surface area contributed by atoms with Gasteiger partial charge >= 0.3 is 11.9 Å². The molecule has 0 saturated carbocycles. The van der Waals surface area contributed by atoms with Crippen LogP contribution < -0.4 is 0 Å². The maximum Gasteiger partial charge on any atom is 0.307 e. The molecule has 118 valence electrons. The summed E-state index contributed by atoms with van der Waals surface area (Å²) in [6.07, 6.45) is 2.71. The second kappa shape index (κ2) is 6.22. The SMILES string of the molecule is CC(C)(C)OC(=O)CCc1c[nH]c2ccc(CC(=O)O)cc12. The van der Waals surface area contributed by atoms with Crippen LogP contribution in [0.1, 0.15) is 38.3 Å². The zero-order valence-electron chi connectivity index (χ0n) is 13.1. The van der Waals surface area contributed by atoms with Crippen molar-refractivity contribution in [2.75, 3.05) is 0 Å². The van der Waals surface area contributed by atoms with Gasteiger partial charge in [-0.3, -0.25) is 9.59 Å². The molecule has 0 aliphatic carbocycles. The highest BCUT2D eigenvalue weighted by atomic mass is 16.6. The van der Waals surface area contributed by atoms with Gasteiger partial charge in [0.25, 0.3) is 0 Å². The average Bonchev–Trinajstić information content (AvgIpc) is 2.76. The van der Waals surface area contributed by atoms with Crippen LogP contribution in [-0.2, 0) is 27.2 Å². The number of ether oxygens (including phenoxy) is 1. The number of aryl methyl sites for hydroxylation is 1. The lowest BCUT2D eigenvalue weighted by Crippen LogP contribution is -2.23. The van der Waals surface area contributed by atoms with Gasteiger partial charge in [0, 0.05) is 23.5 Å². The van der Waals surface area contributed by atoms with Crippen LogP contribution in [0.25, 0.3) is 10.9 Å². The zero-order valence-corrected chi connectivity index (χ0v) is 13.1. The fourth-order valence-corrected chi connectivity index (χ4v) is 2.35. The maximum absolute atomic E-state index is 11.8. The third-order valence-electron chi connectivity index (χ3n) is 3.21. The minimum atomic E-state index is -0.856. The normalized spacial score (nSPS) is 11.6. The van der Waals surface area contributed by atoms with Crippen LogP contribution in [0.2, 0.25) is 0 Å². The molecule has 0 fully saturated rings. The van der Waals surface area contributed by atoms with Gasteiger partial charge in [0.15, 0.2) is 0 Å². The van der Waals surface area contributed by atoms with Gasteiger partial charge < -0.3 is 14.8 Å². The predicted octanol–water partition coefficient (Wildman–Crippen LogP) is 3.07. The number of esters is 1. The van der Waals surface area contributed by atoms with Gasteiger partial charge in [-0.15, -0.1) is 0 Å². The van der Waals surface area contributed by atoms with E-state index in [1.165, 1.54) is 0 Å². The molecule has 0 aliphatic heterocycles. The number of carbonyl (C=O) groups excluding carboxylic acids is 1. The first-order valence-electron chi connectivity index (χ1n) is 7.27. The molecule has 0 bridgehead atoms. The number of carbonyl (C=O) groups is 2. The molecule has 1 aromatic heterocycles. The van der Waals surface area contributed by atoms with E-state index in [0.717, 1.165) is 22.0 Å². The predicted molar refractivity (Wildman–Crippen MR) is 83.8 cm³/mol. The number of aromatic amines is 1. The lowest BCUT2D eigenvalue weighted by molar-refractivity contribution is -0.154. The number of rotatable bonds is 5. The first kappa shape index (κ1) is 16.1. The van der Waals surface area contributed by atoms with Crippen molar-refractivity contribution >= 4 is 22.8 Å². The fraction of sp³-hybridized carbons (Fsp3) is 0.412. The average molecular weight is 303 g/mol. The number of carboxylic acid groups (broad SMARTS) is 1. The van der Waals surface area contributed by atoms with E-state index in [4.69, 9.17) is 9.84 Å². The first-order valence-corrected chi connectivity index (χ1v) is 7.27. The molecule has 0 radical (unpaired) electrons. The molecule has 0 atom stereocenters. The van der Waals surface area contributed by atoms with E-state index in [-0.39, 0.29) is 12.4 Å². The Morgan fingerprint density at radius 1 is 1.27 bits per heavy atom. The van der Waals surface area contributed by atoms with Gasteiger partial charge in [-0.05, 0) is 50.5 Å². The summed E-state index contributed by atoms with van der Waals surface area (Å²) in [5, 5.41) is 9.83. The van der Waals surface area contributed by atoms with E-state index in [0.29, 0.717) is 12.8 Å². The minimum absolute atomic E-state index is 0.00732. The number of aliphatic carboxylic acids is 1. The number of H-pyrrole nitrogens is 1. The molecular formula is C17H21NO4. The Morgan fingerprint density at radius 3 is 2.64 bits per heavy atom. The zero-order chi connectivity index (χ0) is 16.3. The summed E-state index contributed by atoms with van der Waals surface area (Å²) in [5.41, 5.74) is 2.20. The highest BCUT2D eigenvalue weighted by Crippen LogP contribution is 2.22. The summed E-state index contributed by atoms with van der Waals surface area (Å²) >= 11 is 0. The molecule has 2 rings (SSSR count). The molecule has 2 aromatic rings. The van der Waals surface area contributed by atoms with Crippen molar-refractivity contribution in [2.45, 2.75) is 45.6 Å². The molecule has 1 aromatic carbocycles. The number of hydrogen-bond acceptors (Lipinski definition) is 3. The van der Waals surface area contributed by atoms with Crippen LogP contribution in [0.5, 0.6) is 0 Å². The Labute approximate surface area is 129 Å². The van der Waals surface area contributed by atoms with E-state index in [1.54, 1.807) is 6.07 Å². The van der Waals surface area contributed by atoms with E-state index < -0.39 is 11.6 Å². The lowest BCUT2D eigenvalue weighted by atomic mass is 10.0. The Morgan fingerprint density at radius 2 is 2.00 bits per heavy atom. The van der Waals surface area contributed by atoms with Crippen molar-refractivity contribution < 1.29 is 19.4 Å². The van der Waals surface area contributed by atoms with Gasteiger partial charge in [-0.25, -0.2) is 0 Å². The van der Waals surface area contributed by atoms with E-state index in [9.17, 15) is 9.59 Å². The number of carboxylic acids is 1. The van der Waals surface area contributed by atoms with Crippen molar-refractivity contribution in [1.29, 1.82) is 0 Å². The van der Waals surface area contributed by atoms with Crippen molar-refractivity contribution in [2.24, 2.45) is 0 Å². The number of hydrogen-bond donors (Lipinski definition) is 2. The van der Waals surface area contributed by atoms with Crippen LogP contribution in [0, 0.1) is 0 Å². The molecule has 22 heavy (non-hydrogen) atoms. The van der Waals surface area contributed by atoms with Gasteiger partial charge in [-0.2, -0.15) is 0 Å². The van der Waals surface area contributed by atoms with E-state index in [1.807, 2.05) is 39.1 Å². The van der Waals surface area contributed by atoms with Crippen LogP contribution >= 0.6 is 0 Å². The van der Waals surface area contributed by atoms with Gasteiger partial charge in [0.2, 0.25) is 0 Å². The van der Waals surface area contributed by atoms with Gasteiger partial charge in [-0.1, -0.05) is 6.07 Å². The summed E-state index contributed by atoms with van der Waals surface area (Å²) in [6.45, 7) is 5.53. The number of aromatic nitrogens is 1. The highest BCUT2D eigenvalue weighted by Gasteiger charge is 2.16. The van der Waals surface area contributed by atoms with Crippen LogP contribution in [0.4, 0.5) is 0 Å². The van der Waals surface area contributed by atoms with Crippen LogP contribution in [-0.4, -0.2) is 27.6 Å². The largest absolute Gasteiger partial charge is 0.481 e. The Balaban J connectivity index is 2.11. The third-order valence-corrected chi connectivity index (χ3v) is 3.21. The third kappa shape index (κ3) is 4.35. The monoisotopic (exact) mass is 303 g/mol. The molecule has 0 unspecified atom stereocenters. The molecule has 0 spiro atoms. The Hall–Kier alpha value is -2.30. The highest BCUT2D eigenvalue weighted by molar-refractivity contribution is 5.85. The molecule has 2 N–H and O–H groups in total. The standard InChI is InChI=1S/C17H21NO4/c1-17(2,3)22-16(21)7-5-12-10-18-14-6-4-11(8-13(12)14)9-15(19)20/h4,6,8,10,18H,5,7,9H2,1-3H3,(H,19,20). The Bertz CT molecular complexity index is 694. The van der Waals surface area contributed by atoms with Crippen LogP contribution in [0.3, 0.4) is 0 Å². The van der Waals surface area contributed by atoms with E-state index in [2.05, 4.69) is 4.98 Å². The summed E-state index contributed by atoms with van der Waals surface area (Å²) in [6, 6.07) is 5.53. The minimum Gasteiger partial charge on any atom is -0.481 e. The molecular weight excluding hydrogens is 282 g/mol. The first-order chi connectivity index (χ1) is 10.2. The van der Waals surface area contributed by atoms with Crippen LogP contribution in [0.15, 0.2) is 24.4 Å². The summed E-state index contributed by atoms with van der Waals surface area (Å²) in [5.74, 6) is -1.09. The second-order valence-corrected chi connectivity index (χ2v) is 6.35. The summed E-state index contributed by atoms with van der Waals surface area (Å²) in [7, 11) is 0. The molecule has 5 heteroatoms. The summed E-state index contributed by atoms with van der Waals surface area (Å²) in [4.78, 5) is 25.7. The molecule has 0 amide bonds. The number of fused-ring (bicyclic) bond motifs is 1. The molecule has 5 nitrogen and oxygen atoms in total. The Kier molecular flexibility index (Phi) is 4.54. The smallest absolute Gasteiger partial charge is 0.307 e. The van der Waals surface area contributed by atoms with Crippen molar-refractivity contribution in [3.8, 4) is 0 Å². The van der Waals surface area contributed by atoms with Crippen molar-refractivity contribution in [3.63, 3.8) is 0 Å². The lowest BCUT2D eigenvalue weighted by Gasteiger charge is -2.19. The topological polar surface area (TPSA) is 79.4 Å². The van der Waals surface area contributed by atoms with Gasteiger partial charge in [0.05, 0.1) is 6.42 Å². The van der Waals surface area contributed by atoms with Gasteiger partial charge in [0.1, 0.15) is 5.60 Å². The van der Waals surface area contributed by atoms with E-state index >= 15 is 0 Å². The number of nitrogens with one attached hydrogen (secondary N) is 1. The summed E-state index contributed by atoms with van der Waals surface area (Å²) < 4.78 is 5.30. The second-order valence-electron chi connectivity index (χ2n) is 6.35. The molecule has 0 aliphatic rings. The van der Waals surface area contributed by atoms with Crippen molar-refractivity contribution in [1.82, 2.24) is 4.98 Å².